The minimum atomic E-state index is 0.880. The molecule has 0 saturated carbocycles. The SMILES string of the molecule is C1SC1C1SSC(C2CS2)SS1. The third-order valence-electron chi connectivity index (χ3n) is 1.82. The van der Waals surface area contributed by atoms with E-state index in [1.165, 1.54) is 11.5 Å². The van der Waals surface area contributed by atoms with Crippen LogP contribution >= 0.6 is 66.7 Å². The van der Waals surface area contributed by atoms with Crippen LogP contribution in [-0.2, 0) is 0 Å². The number of hydrogen-bond donors (Lipinski definition) is 0. The lowest BCUT2D eigenvalue weighted by molar-refractivity contribution is 1.20. The lowest BCUT2D eigenvalue weighted by Crippen LogP contribution is -2.11. The summed E-state index contributed by atoms with van der Waals surface area (Å²) >= 11 is 4.25. The molecule has 0 bridgehead atoms. The molecule has 12 heavy (non-hydrogen) atoms. The number of hydrogen-bond acceptors (Lipinski definition) is 6. The van der Waals surface area contributed by atoms with Crippen molar-refractivity contribution in [2.75, 3.05) is 11.5 Å². The van der Waals surface area contributed by atoms with E-state index in [9.17, 15) is 0 Å². The monoisotopic (exact) mass is 272 g/mol. The molecular weight excluding hydrogens is 264 g/mol. The second-order valence-corrected chi connectivity index (χ2v) is 11.1. The quantitative estimate of drug-likeness (QED) is 0.552. The maximum atomic E-state index is 2.13. The first-order valence-electron chi connectivity index (χ1n) is 3.81. The molecule has 0 spiro atoms. The zero-order chi connectivity index (χ0) is 7.97. The van der Waals surface area contributed by atoms with Crippen molar-refractivity contribution < 1.29 is 0 Å². The topological polar surface area (TPSA) is 0 Å². The lowest BCUT2D eigenvalue weighted by Gasteiger charge is -2.24. The first kappa shape index (κ1) is 9.33. The highest BCUT2D eigenvalue weighted by molar-refractivity contribution is 8.93. The van der Waals surface area contributed by atoms with E-state index in [2.05, 4.69) is 66.7 Å². The van der Waals surface area contributed by atoms with Crippen molar-refractivity contribution in [3.63, 3.8) is 0 Å². The van der Waals surface area contributed by atoms with E-state index in [4.69, 9.17) is 0 Å². The molecule has 3 heterocycles. The fraction of sp³-hybridized carbons (Fsp3) is 1.00. The summed E-state index contributed by atoms with van der Waals surface area (Å²) in [5.74, 6) is 2.82. The van der Waals surface area contributed by atoms with Crippen molar-refractivity contribution in [2.45, 2.75) is 19.7 Å². The van der Waals surface area contributed by atoms with E-state index in [0.717, 1.165) is 19.7 Å². The van der Waals surface area contributed by atoms with Crippen LogP contribution in [0.4, 0.5) is 0 Å². The van der Waals surface area contributed by atoms with Crippen molar-refractivity contribution in [3.8, 4) is 0 Å². The van der Waals surface area contributed by atoms with Crippen molar-refractivity contribution in [1.29, 1.82) is 0 Å². The van der Waals surface area contributed by atoms with Crippen molar-refractivity contribution in [1.82, 2.24) is 0 Å². The molecular formula is C6H8S6. The van der Waals surface area contributed by atoms with Gasteiger partial charge < -0.3 is 0 Å². The van der Waals surface area contributed by atoms with E-state index < -0.39 is 0 Å². The number of thioether (sulfide) groups is 2. The van der Waals surface area contributed by atoms with E-state index in [1.54, 1.807) is 0 Å². The molecule has 0 aromatic rings. The van der Waals surface area contributed by atoms with Crippen LogP contribution in [0.2, 0.25) is 0 Å². The lowest BCUT2D eigenvalue weighted by atomic mass is 10.6. The van der Waals surface area contributed by atoms with Gasteiger partial charge in [-0.1, -0.05) is 43.2 Å². The largest absolute Gasteiger partial charge is 0.154 e. The van der Waals surface area contributed by atoms with Crippen molar-refractivity contribution in [3.05, 3.63) is 0 Å². The summed E-state index contributed by atoms with van der Waals surface area (Å²) in [6.45, 7) is 0. The third-order valence-corrected chi connectivity index (χ3v) is 12.6. The van der Waals surface area contributed by atoms with E-state index >= 15 is 0 Å². The molecule has 0 nitrogen and oxygen atoms in total. The molecule has 68 valence electrons. The molecule has 2 unspecified atom stereocenters. The second-order valence-electron chi connectivity index (χ2n) is 2.87. The molecule has 3 aliphatic rings. The van der Waals surface area contributed by atoms with Crippen LogP contribution in [0.1, 0.15) is 0 Å². The Kier molecular flexibility index (Phi) is 3.05. The highest BCUT2D eigenvalue weighted by Crippen LogP contribution is 2.62. The summed E-state index contributed by atoms with van der Waals surface area (Å²) < 4.78 is 1.76. The van der Waals surface area contributed by atoms with E-state index in [1.807, 2.05) is 0 Å². The minimum Gasteiger partial charge on any atom is -0.154 e. The zero-order valence-corrected chi connectivity index (χ0v) is 11.1. The normalized spacial score (nSPS) is 52.0. The van der Waals surface area contributed by atoms with Gasteiger partial charge in [-0.2, -0.15) is 23.5 Å². The van der Waals surface area contributed by atoms with Crippen LogP contribution < -0.4 is 0 Å². The minimum absolute atomic E-state index is 0.880. The Hall–Kier alpha value is 2.10. The van der Waals surface area contributed by atoms with E-state index in [0.29, 0.717) is 0 Å². The molecule has 3 rings (SSSR count). The summed E-state index contributed by atoms with van der Waals surface area (Å²) in [4.78, 5) is 0. The van der Waals surface area contributed by atoms with Gasteiger partial charge in [0.25, 0.3) is 0 Å². The Balaban J connectivity index is 1.51. The van der Waals surface area contributed by atoms with Crippen LogP contribution in [0.3, 0.4) is 0 Å². The van der Waals surface area contributed by atoms with Gasteiger partial charge in [0.05, 0.1) is 9.16 Å². The molecule has 0 aromatic heterocycles. The third kappa shape index (κ3) is 2.19. The molecule has 0 amide bonds. The average molecular weight is 273 g/mol. The predicted octanol–water partition coefficient (Wildman–Crippen LogP) is 3.65. The van der Waals surface area contributed by atoms with Crippen LogP contribution in [0, 0.1) is 0 Å². The second kappa shape index (κ2) is 3.93. The molecule has 0 radical (unpaired) electrons. The molecule has 3 fully saturated rings. The maximum absolute atomic E-state index is 2.13. The summed E-state index contributed by atoms with van der Waals surface area (Å²) in [6.07, 6.45) is 0. The van der Waals surface area contributed by atoms with Crippen LogP contribution in [0.5, 0.6) is 0 Å². The Labute approximate surface area is 97.1 Å². The van der Waals surface area contributed by atoms with Gasteiger partial charge >= 0.3 is 0 Å². The first-order chi connectivity index (χ1) is 5.93. The van der Waals surface area contributed by atoms with Gasteiger partial charge in [0.2, 0.25) is 0 Å². The van der Waals surface area contributed by atoms with Gasteiger partial charge in [0, 0.05) is 22.0 Å². The Morgan fingerprint density at radius 2 is 1.00 bits per heavy atom. The predicted molar refractivity (Wildman–Crippen MR) is 70.4 cm³/mol. The summed E-state index contributed by atoms with van der Waals surface area (Å²) in [5.41, 5.74) is 0. The Morgan fingerprint density at radius 1 is 0.667 bits per heavy atom. The van der Waals surface area contributed by atoms with Gasteiger partial charge in [0.1, 0.15) is 0 Å². The summed E-state index contributed by atoms with van der Waals surface area (Å²) in [5, 5.41) is 1.96. The summed E-state index contributed by atoms with van der Waals surface area (Å²) in [7, 11) is 8.54. The fourth-order valence-corrected chi connectivity index (χ4v) is 13.2. The smallest absolute Gasteiger partial charge is 0.0836 e. The highest BCUT2D eigenvalue weighted by atomic mass is 33.2. The standard InChI is InChI=1S/C6H8S6/c1-3(7-1)5-9-11-6(12-10-5)4-2-8-4/h3-6H,1-2H2. The van der Waals surface area contributed by atoms with Crippen molar-refractivity contribution >= 4 is 66.7 Å². The van der Waals surface area contributed by atoms with Gasteiger partial charge in [-0.05, 0) is 0 Å². The maximum Gasteiger partial charge on any atom is 0.0836 e. The Morgan fingerprint density at radius 3 is 1.25 bits per heavy atom. The van der Waals surface area contributed by atoms with Crippen molar-refractivity contribution in [2.24, 2.45) is 0 Å². The van der Waals surface area contributed by atoms with Crippen LogP contribution in [0.15, 0.2) is 0 Å². The zero-order valence-electron chi connectivity index (χ0n) is 6.17. The molecule has 2 atom stereocenters. The molecule has 0 aromatic carbocycles. The number of rotatable bonds is 2. The summed E-state index contributed by atoms with van der Waals surface area (Å²) in [6, 6.07) is 0. The Bertz CT molecular complexity index is 149. The molecule has 0 aliphatic carbocycles. The molecule has 3 saturated heterocycles. The fourth-order valence-electron chi connectivity index (χ4n) is 0.924. The average Bonchev–Trinajstić information content (AvgIpc) is 2.98. The van der Waals surface area contributed by atoms with Gasteiger partial charge in [-0.25, -0.2) is 0 Å². The van der Waals surface area contributed by atoms with E-state index in [-0.39, 0.29) is 0 Å². The van der Waals surface area contributed by atoms with Gasteiger partial charge in [-0.3, -0.25) is 0 Å². The van der Waals surface area contributed by atoms with Crippen LogP contribution in [0.25, 0.3) is 0 Å². The highest BCUT2D eigenvalue weighted by Gasteiger charge is 2.42. The van der Waals surface area contributed by atoms with Gasteiger partial charge in [-0.15, -0.1) is 0 Å². The molecule has 6 heteroatoms. The van der Waals surface area contributed by atoms with Gasteiger partial charge in [0.15, 0.2) is 0 Å². The molecule has 0 N–H and O–H groups in total. The first-order valence-corrected chi connectivity index (χ1v) is 10.5. The molecule has 3 aliphatic heterocycles. The van der Waals surface area contributed by atoms with Crippen LogP contribution in [-0.4, -0.2) is 31.2 Å².